The van der Waals surface area contributed by atoms with Gasteiger partial charge in [-0.2, -0.15) is 4.31 Å². The Labute approximate surface area is 115 Å². The maximum Gasteiger partial charge on any atom is 0.318 e. The van der Waals surface area contributed by atoms with Crippen molar-refractivity contribution >= 4 is 16.0 Å². The van der Waals surface area contributed by atoms with Crippen LogP contribution in [-0.2, 0) is 14.8 Å². The number of carbonyl (C=O) groups is 1. The predicted molar refractivity (Wildman–Crippen MR) is 67.6 cm³/mol. The van der Waals surface area contributed by atoms with Crippen molar-refractivity contribution in [3.63, 3.8) is 0 Å². The molecule has 112 valence electrons. The van der Waals surface area contributed by atoms with Gasteiger partial charge in [0.1, 0.15) is 18.2 Å². The van der Waals surface area contributed by atoms with Gasteiger partial charge in [0, 0.05) is 11.6 Å². The topological polar surface area (TPSA) is 74.7 Å². The van der Waals surface area contributed by atoms with Crippen LogP contribution in [0.2, 0.25) is 0 Å². The van der Waals surface area contributed by atoms with Crippen LogP contribution < -0.4 is 0 Å². The standard InChI is InChI=1S/C12H15F2NO4S/c1-12(2,3)15(7-11(16)17)20(18,19)10-5-8(13)4-9(14)6-10/h4-6H,7H2,1-3H3,(H,16,17). The molecule has 0 heterocycles. The second-order valence-corrected chi connectivity index (χ2v) is 7.04. The third-order valence-corrected chi connectivity index (χ3v) is 4.54. The number of hydrogen-bond acceptors (Lipinski definition) is 3. The summed E-state index contributed by atoms with van der Waals surface area (Å²) in [5.74, 6) is -3.46. The van der Waals surface area contributed by atoms with Crippen LogP contribution in [0.15, 0.2) is 23.1 Å². The van der Waals surface area contributed by atoms with Gasteiger partial charge in [0.25, 0.3) is 0 Å². The number of carboxylic acid groups (broad SMARTS) is 1. The minimum atomic E-state index is -4.33. The Morgan fingerprint density at radius 2 is 1.65 bits per heavy atom. The van der Waals surface area contributed by atoms with Gasteiger partial charge in [-0.3, -0.25) is 4.79 Å². The van der Waals surface area contributed by atoms with Crippen LogP contribution in [0.25, 0.3) is 0 Å². The zero-order chi connectivity index (χ0) is 15.7. The molecule has 5 nitrogen and oxygen atoms in total. The van der Waals surface area contributed by atoms with Crippen molar-refractivity contribution in [3.8, 4) is 0 Å². The molecule has 0 spiro atoms. The van der Waals surface area contributed by atoms with E-state index in [4.69, 9.17) is 5.11 Å². The van der Waals surface area contributed by atoms with Crippen LogP contribution in [0, 0.1) is 11.6 Å². The van der Waals surface area contributed by atoms with E-state index >= 15 is 0 Å². The lowest BCUT2D eigenvalue weighted by atomic mass is 10.1. The lowest BCUT2D eigenvalue weighted by Gasteiger charge is -2.33. The second kappa shape index (κ2) is 5.45. The van der Waals surface area contributed by atoms with Gasteiger partial charge in [0.2, 0.25) is 10.0 Å². The molecule has 0 unspecified atom stereocenters. The molecule has 1 rings (SSSR count). The highest BCUT2D eigenvalue weighted by Gasteiger charge is 2.36. The van der Waals surface area contributed by atoms with E-state index in [1.807, 2.05) is 0 Å². The van der Waals surface area contributed by atoms with Crippen LogP contribution in [-0.4, -0.2) is 35.9 Å². The predicted octanol–water partition coefficient (Wildman–Crippen LogP) is 1.84. The highest BCUT2D eigenvalue weighted by atomic mass is 32.2. The largest absolute Gasteiger partial charge is 0.480 e. The highest BCUT2D eigenvalue weighted by molar-refractivity contribution is 7.89. The lowest BCUT2D eigenvalue weighted by Crippen LogP contribution is -2.48. The van der Waals surface area contributed by atoms with Crippen molar-refractivity contribution in [2.24, 2.45) is 0 Å². The lowest BCUT2D eigenvalue weighted by molar-refractivity contribution is -0.138. The molecule has 1 aromatic rings. The van der Waals surface area contributed by atoms with Crippen LogP contribution in [0.1, 0.15) is 20.8 Å². The molecule has 1 N–H and O–H groups in total. The van der Waals surface area contributed by atoms with Gasteiger partial charge in [0.15, 0.2) is 0 Å². The third-order valence-electron chi connectivity index (χ3n) is 2.45. The van der Waals surface area contributed by atoms with Gasteiger partial charge in [0.05, 0.1) is 4.90 Å². The molecular formula is C12H15F2NO4S. The number of aliphatic carboxylic acids is 1. The van der Waals surface area contributed by atoms with Gasteiger partial charge < -0.3 is 5.11 Å². The van der Waals surface area contributed by atoms with E-state index in [0.717, 1.165) is 0 Å². The molecule has 0 bridgehead atoms. The van der Waals surface area contributed by atoms with Gasteiger partial charge in [-0.1, -0.05) is 0 Å². The molecular weight excluding hydrogens is 292 g/mol. The van der Waals surface area contributed by atoms with Crippen molar-refractivity contribution in [2.45, 2.75) is 31.2 Å². The van der Waals surface area contributed by atoms with Crippen molar-refractivity contribution in [1.29, 1.82) is 0 Å². The number of sulfonamides is 1. The van der Waals surface area contributed by atoms with Gasteiger partial charge >= 0.3 is 5.97 Å². The zero-order valence-corrected chi connectivity index (χ0v) is 12.0. The fourth-order valence-corrected chi connectivity index (χ4v) is 3.39. The quantitative estimate of drug-likeness (QED) is 0.921. The summed E-state index contributed by atoms with van der Waals surface area (Å²) < 4.78 is 51.7. The summed E-state index contributed by atoms with van der Waals surface area (Å²) in [6.07, 6.45) is 0. The summed E-state index contributed by atoms with van der Waals surface area (Å²) in [5, 5.41) is 8.81. The Morgan fingerprint density at radius 1 is 1.20 bits per heavy atom. The first kappa shape index (κ1) is 16.5. The van der Waals surface area contributed by atoms with E-state index in [2.05, 4.69) is 0 Å². The van der Waals surface area contributed by atoms with E-state index in [1.54, 1.807) is 0 Å². The molecule has 0 amide bonds. The number of halogens is 2. The number of carboxylic acids is 1. The fraction of sp³-hybridized carbons (Fsp3) is 0.417. The fourth-order valence-electron chi connectivity index (χ4n) is 1.61. The Bertz CT molecular complexity index is 603. The first-order valence-corrected chi connectivity index (χ1v) is 7.09. The molecule has 0 atom stereocenters. The Morgan fingerprint density at radius 3 is 2.00 bits per heavy atom. The summed E-state index contributed by atoms with van der Waals surface area (Å²) in [7, 11) is -4.33. The maximum atomic E-state index is 13.1. The number of hydrogen-bond donors (Lipinski definition) is 1. The summed E-state index contributed by atoms with van der Waals surface area (Å²) in [4.78, 5) is 10.2. The molecule has 1 aromatic carbocycles. The van der Waals surface area contributed by atoms with E-state index < -0.39 is 44.6 Å². The summed E-state index contributed by atoms with van der Waals surface area (Å²) in [6.45, 7) is 3.67. The molecule has 0 aromatic heterocycles. The minimum Gasteiger partial charge on any atom is -0.480 e. The SMILES string of the molecule is CC(C)(C)N(CC(=O)O)S(=O)(=O)c1cc(F)cc(F)c1. The van der Waals surface area contributed by atoms with E-state index in [1.165, 1.54) is 20.8 Å². The van der Waals surface area contributed by atoms with E-state index in [0.29, 0.717) is 22.5 Å². The normalized spacial score (nSPS) is 12.7. The molecule has 0 aliphatic heterocycles. The van der Waals surface area contributed by atoms with Crippen molar-refractivity contribution in [1.82, 2.24) is 4.31 Å². The van der Waals surface area contributed by atoms with Gasteiger partial charge in [-0.05, 0) is 32.9 Å². The Balaban J connectivity index is 3.40. The average Bonchev–Trinajstić information content (AvgIpc) is 2.22. The summed E-state index contributed by atoms with van der Waals surface area (Å²) >= 11 is 0. The number of benzene rings is 1. The molecule has 0 aliphatic rings. The molecule has 0 radical (unpaired) electrons. The second-order valence-electron chi connectivity index (χ2n) is 5.18. The van der Waals surface area contributed by atoms with Crippen LogP contribution in [0.4, 0.5) is 8.78 Å². The van der Waals surface area contributed by atoms with Crippen LogP contribution in [0.3, 0.4) is 0 Å². The van der Waals surface area contributed by atoms with Gasteiger partial charge in [-0.25, -0.2) is 17.2 Å². The summed E-state index contributed by atoms with van der Waals surface area (Å²) in [5.41, 5.74) is -1.06. The Hall–Kier alpha value is -1.54. The Kier molecular flexibility index (Phi) is 4.50. The van der Waals surface area contributed by atoms with E-state index in [9.17, 15) is 22.0 Å². The van der Waals surface area contributed by atoms with Crippen LogP contribution >= 0.6 is 0 Å². The van der Waals surface area contributed by atoms with Crippen LogP contribution in [0.5, 0.6) is 0 Å². The first-order valence-electron chi connectivity index (χ1n) is 5.65. The van der Waals surface area contributed by atoms with Crippen molar-refractivity contribution in [3.05, 3.63) is 29.8 Å². The van der Waals surface area contributed by atoms with Gasteiger partial charge in [-0.15, -0.1) is 0 Å². The van der Waals surface area contributed by atoms with E-state index in [-0.39, 0.29) is 0 Å². The zero-order valence-electron chi connectivity index (χ0n) is 11.2. The van der Waals surface area contributed by atoms with Crippen molar-refractivity contribution < 1.29 is 27.1 Å². The molecule has 0 saturated carbocycles. The minimum absolute atomic E-state index is 0.539. The number of rotatable bonds is 4. The maximum absolute atomic E-state index is 13.1. The smallest absolute Gasteiger partial charge is 0.318 e. The molecule has 0 fully saturated rings. The first-order chi connectivity index (χ1) is 8.94. The van der Waals surface area contributed by atoms with Crippen molar-refractivity contribution in [2.75, 3.05) is 6.54 Å². The average molecular weight is 307 g/mol. The highest BCUT2D eigenvalue weighted by Crippen LogP contribution is 2.25. The summed E-state index contributed by atoms with van der Waals surface area (Å²) in [6, 6.07) is 1.84. The number of nitrogens with zero attached hydrogens (tertiary/aromatic N) is 1. The molecule has 8 heteroatoms. The monoisotopic (exact) mass is 307 g/mol. The third kappa shape index (κ3) is 3.73. The molecule has 20 heavy (non-hydrogen) atoms. The molecule has 0 saturated heterocycles. The molecule has 0 aliphatic carbocycles.